The van der Waals surface area contributed by atoms with E-state index in [2.05, 4.69) is 22.0 Å². The number of allylic oxidation sites excluding steroid dienone is 1. The van der Waals surface area contributed by atoms with Gasteiger partial charge in [0.25, 0.3) is 0 Å². The Balaban J connectivity index is 2.53. The second-order valence-corrected chi connectivity index (χ2v) is 4.44. The van der Waals surface area contributed by atoms with Crippen LogP contribution in [0.4, 0.5) is 0 Å². The fourth-order valence-corrected chi connectivity index (χ4v) is 2.56. The summed E-state index contributed by atoms with van der Waals surface area (Å²) in [5.41, 5.74) is 2.94. The maximum atomic E-state index is 10.9. The summed E-state index contributed by atoms with van der Waals surface area (Å²) >= 11 is 3.52. The summed E-state index contributed by atoms with van der Waals surface area (Å²) in [6, 6.07) is 10.1. The summed E-state index contributed by atoms with van der Waals surface area (Å²) in [4.78, 5) is 10.9. The predicted octanol–water partition coefficient (Wildman–Crippen LogP) is 3.66. The highest BCUT2D eigenvalue weighted by atomic mass is 79.9. The molecule has 0 aliphatic heterocycles. The van der Waals surface area contributed by atoms with Gasteiger partial charge in [0.15, 0.2) is 6.29 Å². The van der Waals surface area contributed by atoms with Gasteiger partial charge in [0.1, 0.15) is 0 Å². The van der Waals surface area contributed by atoms with Gasteiger partial charge in [0.05, 0.1) is 0 Å². The molecule has 0 saturated carbocycles. The molecule has 0 saturated heterocycles. The number of hydrogen-bond donors (Lipinski definition) is 0. The highest BCUT2D eigenvalue weighted by molar-refractivity contribution is 9.10. The molecule has 2 heteroatoms. The second-order valence-electron chi connectivity index (χ2n) is 3.58. The number of hydrogen-bond acceptors (Lipinski definition) is 1. The highest BCUT2D eigenvalue weighted by Gasteiger charge is 2.16. The Morgan fingerprint density at radius 1 is 1.13 bits per heavy atom. The number of carbonyl (C=O) groups is 1. The quantitative estimate of drug-likeness (QED) is 0.714. The van der Waals surface area contributed by atoms with Crippen LogP contribution in [-0.4, -0.2) is 6.29 Å². The molecule has 0 heterocycles. The molecule has 0 radical (unpaired) electrons. The van der Waals surface area contributed by atoms with Crippen molar-refractivity contribution in [3.8, 4) is 0 Å². The average Bonchev–Trinajstić information content (AvgIpc) is 2.64. The van der Waals surface area contributed by atoms with Gasteiger partial charge >= 0.3 is 0 Å². The van der Waals surface area contributed by atoms with Crippen LogP contribution in [0.1, 0.15) is 11.1 Å². The average molecular weight is 259 g/mol. The van der Waals surface area contributed by atoms with Crippen molar-refractivity contribution in [2.75, 3.05) is 0 Å². The molecule has 1 aliphatic carbocycles. The van der Waals surface area contributed by atoms with Gasteiger partial charge in [-0.1, -0.05) is 40.2 Å². The Bertz CT molecular complexity index is 611. The topological polar surface area (TPSA) is 17.1 Å². The second kappa shape index (κ2) is 3.04. The van der Waals surface area contributed by atoms with Crippen LogP contribution >= 0.6 is 15.9 Å². The van der Waals surface area contributed by atoms with Gasteiger partial charge in [0.2, 0.25) is 0 Å². The molecule has 2 aromatic rings. The lowest BCUT2D eigenvalue weighted by Crippen LogP contribution is -1.83. The van der Waals surface area contributed by atoms with E-state index in [1.54, 1.807) is 0 Å². The molecule has 3 rings (SSSR count). The van der Waals surface area contributed by atoms with Crippen LogP contribution in [0.5, 0.6) is 0 Å². The minimum absolute atomic E-state index is 0.772. The highest BCUT2D eigenvalue weighted by Crippen LogP contribution is 2.38. The molecule has 0 spiro atoms. The molecular formula is C13H7BrO. The summed E-state index contributed by atoms with van der Waals surface area (Å²) in [5, 5.41) is 2.34. The lowest BCUT2D eigenvalue weighted by atomic mass is 10.0. The van der Waals surface area contributed by atoms with Crippen molar-refractivity contribution in [1.82, 2.24) is 0 Å². The van der Waals surface area contributed by atoms with E-state index in [4.69, 9.17) is 0 Å². The fourth-order valence-electron chi connectivity index (χ4n) is 2.10. The zero-order valence-electron chi connectivity index (χ0n) is 7.83. The largest absolute Gasteiger partial charge is 0.298 e. The molecule has 2 aromatic carbocycles. The third kappa shape index (κ3) is 1.11. The Morgan fingerprint density at radius 3 is 2.80 bits per heavy atom. The predicted molar refractivity (Wildman–Crippen MR) is 65.6 cm³/mol. The molecule has 72 valence electrons. The van der Waals surface area contributed by atoms with Crippen LogP contribution < -0.4 is 0 Å². The summed E-state index contributed by atoms with van der Waals surface area (Å²) in [6.07, 6.45) is 2.86. The number of benzene rings is 2. The van der Waals surface area contributed by atoms with Crippen molar-refractivity contribution in [3.63, 3.8) is 0 Å². The number of carbonyl (C=O) groups excluding carboxylic acids is 1. The van der Waals surface area contributed by atoms with E-state index in [0.717, 1.165) is 32.8 Å². The Hall–Kier alpha value is -1.41. The zero-order valence-corrected chi connectivity index (χ0v) is 9.41. The smallest absolute Gasteiger partial charge is 0.150 e. The molecule has 0 bridgehead atoms. The minimum atomic E-state index is 0.772. The van der Waals surface area contributed by atoms with Gasteiger partial charge < -0.3 is 0 Å². The first-order valence-corrected chi connectivity index (χ1v) is 5.49. The van der Waals surface area contributed by atoms with Crippen LogP contribution in [0.3, 0.4) is 0 Å². The van der Waals surface area contributed by atoms with Gasteiger partial charge in [-0.05, 0) is 34.0 Å². The third-order valence-corrected chi connectivity index (χ3v) is 3.46. The Labute approximate surface area is 95.5 Å². The van der Waals surface area contributed by atoms with Gasteiger partial charge in [-0.3, -0.25) is 4.79 Å². The molecular weight excluding hydrogens is 252 g/mol. The van der Waals surface area contributed by atoms with Crippen LogP contribution in [0.2, 0.25) is 0 Å². The molecule has 0 amide bonds. The SMILES string of the molecule is O=CC1=Cc2ccc(Br)c3cccc1c23. The maximum Gasteiger partial charge on any atom is 0.150 e. The van der Waals surface area contributed by atoms with Crippen molar-refractivity contribution in [2.45, 2.75) is 0 Å². The molecule has 1 aliphatic rings. The molecule has 1 nitrogen and oxygen atoms in total. The molecule has 0 N–H and O–H groups in total. The van der Waals surface area contributed by atoms with E-state index in [0.29, 0.717) is 0 Å². The number of halogens is 1. The fraction of sp³-hybridized carbons (Fsp3) is 0. The van der Waals surface area contributed by atoms with Gasteiger partial charge in [-0.2, -0.15) is 0 Å². The summed E-state index contributed by atoms with van der Waals surface area (Å²) in [7, 11) is 0. The summed E-state index contributed by atoms with van der Waals surface area (Å²) in [5.74, 6) is 0. The van der Waals surface area contributed by atoms with Crippen molar-refractivity contribution >= 4 is 44.6 Å². The number of rotatable bonds is 1. The van der Waals surface area contributed by atoms with Crippen LogP contribution in [0.25, 0.3) is 22.4 Å². The molecule has 0 fully saturated rings. The van der Waals surface area contributed by atoms with Gasteiger partial charge in [-0.25, -0.2) is 0 Å². The van der Waals surface area contributed by atoms with Gasteiger partial charge in [0, 0.05) is 10.0 Å². The van der Waals surface area contributed by atoms with Crippen LogP contribution in [0, 0.1) is 0 Å². The van der Waals surface area contributed by atoms with E-state index in [-0.39, 0.29) is 0 Å². The van der Waals surface area contributed by atoms with Crippen molar-refractivity contribution in [3.05, 3.63) is 45.9 Å². The summed E-state index contributed by atoms with van der Waals surface area (Å²) in [6.45, 7) is 0. The first-order valence-electron chi connectivity index (χ1n) is 4.70. The van der Waals surface area contributed by atoms with Gasteiger partial charge in [-0.15, -0.1) is 0 Å². The number of aldehydes is 1. The van der Waals surface area contributed by atoms with E-state index >= 15 is 0 Å². The Morgan fingerprint density at radius 2 is 2.00 bits per heavy atom. The van der Waals surface area contributed by atoms with E-state index < -0.39 is 0 Å². The zero-order chi connectivity index (χ0) is 10.4. The monoisotopic (exact) mass is 258 g/mol. The first-order chi connectivity index (χ1) is 7.31. The van der Waals surface area contributed by atoms with Crippen molar-refractivity contribution in [1.29, 1.82) is 0 Å². The van der Waals surface area contributed by atoms with E-state index in [9.17, 15) is 4.79 Å². The normalized spacial score (nSPS) is 13.0. The van der Waals surface area contributed by atoms with E-state index in [1.807, 2.05) is 30.3 Å². The first kappa shape index (κ1) is 8.86. The maximum absolute atomic E-state index is 10.9. The molecule has 0 aromatic heterocycles. The third-order valence-electron chi connectivity index (χ3n) is 2.77. The Kier molecular flexibility index (Phi) is 1.80. The molecule has 15 heavy (non-hydrogen) atoms. The summed E-state index contributed by atoms with van der Waals surface area (Å²) < 4.78 is 1.07. The molecule has 0 atom stereocenters. The standard InChI is InChI=1S/C13H7BrO/c14-12-5-4-8-6-9(7-15)10-2-1-3-11(12)13(8)10/h1-7H. The minimum Gasteiger partial charge on any atom is -0.298 e. The lowest BCUT2D eigenvalue weighted by Gasteiger charge is -2.03. The van der Waals surface area contributed by atoms with Crippen LogP contribution in [0.15, 0.2) is 34.8 Å². The van der Waals surface area contributed by atoms with Crippen LogP contribution in [-0.2, 0) is 4.79 Å². The lowest BCUT2D eigenvalue weighted by molar-refractivity contribution is -0.103. The molecule has 0 unspecified atom stereocenters. The van der Waals surface area contributed by atoms with E-state index in [1.165, 1.54) is 5.39 Å². The van der Waals surface area contributed by atoms with Crippen molar-refractivity contribution < 1.29 is 4.79 Å². The van der Waals surface area contributed by atoms with Crippen molar-refractivity contribution in [2.24, 2.45) is 0 Å².